The van der Waals surface area contributed by atoms with Crippen molar-refractivity contribution in [3.8, 4) is 11.5 Å². The van der Waals surface area contributed by atoms with E-state index in [9.17, 15) is 14.9 Å². The number of ether oxygens (including phenoxy) is 2. The number of nitro groups is 1. The average Bonchev–Trinajstić information content (AvgIpc) is 2.48. The minimum atomic E-state index is -0.560. The third-order valence-electron chi connectivity index (χ3n) is 2.77. The Labute approximate surface area is 121 Å². The molecule has 0 heterocycles. The standard InChI is InChI=1S/C15H13NO5/c1-20-10-11-3-2-4-14(7-11)21-15-6-5-13(16(18)19)8-12(15)9-17/h2-9H,10H2,1H3. The predicted molar refractivity (Wildman–Crippen MR) is 75.7 cm³/mol. The van der Waals surface area contributed by atoms with E-state index in [0.29, 0.717) is 18.6 Å². The number of aldehydes is 1. The number of benzene rings is 2. The normalized spacial score (nSPS) is 10.1. The second kappa shape index (κ2) is 6.62. The van der Waals surface area contributed by atoms with Gasteiger partial charge in [0.25, 0.3) is 5.69 Å². The van der Waals surface area contributed by atoms with Crippen LogP contribution in [-0.2, 0) is 11.3 Å². The van der Waals surface area contributed by atoms with Crippen molar-refractivity contribution in [2.45, 2.75) is 6.61 Å². The molecule has 2 aromatic rings. The van der Waals surface area contributed by atoms with E-state index in [2.05, 4.69) is 0 Å². The molecule has 0 aromatic heterocycles. The number of non-ortho nitro benzene ring substituents is 1. The molecular weight excluding hydrogens is 274 g/mol. The summed E-state index contributed by atoms with van der Waals surface area (Å²) in [5.41, 5.74) is 0.892. The highest BCUT2D eigenvalue weighted by atomic mass is 16.6. The van der Waals surface area contributed by atoms with Crippen LogP contribution in [0.15, 0.2) is 42.5 Å². The van der Waals surface area contributed by atoms with Gasteiger partial charge in [-0.1, -0.05) is 12.1 Å². The molecule has 6 nitrogen and oxygen atoms in total. The number of nitrogens with zero attached hydrogens (tertiary/aromatic N) is 1. The Kier molecular flexibility index (Phi) is 4.63. The summed E-state index contributed by atoms with van der Waals surface area (Å²) in [7, 11) is 1.59. The van der Waals surface area contributed by atoms with Gasteiger partial charge in [0.2, 0.25) is 0 Å². The third kappa shape index (κ3) is 3.64. The Balaban J connectivity index is 2.28. The Bertz CT molecular complexity index is 669. The summed E-state index contributed by atoms with van der Waals surface area (Å²) < 4.78 is 10.6. The van der Waals surface area contributed by atoms with Crippen LogP contribution in [-0.4, -0.2) is 18.3 Å². The molecule has 0 saturated heterocycles. The quantitative estimate of drug-likeness (QED) is 0.462. The van der Waals surface area contributed by atoms with Gasteiger partial charge in [-0.2, -0.15) is 0 Å². The predicted octanol–water partition coefficient (Wildman–Crippen LogP) is 3.35. The number of nitro benzene ring substituents is 1. The maximum atomic E-state index is 11.0. The van der Waals surface area contributed by atoms with E-state index in [4.69, 9.17) is 9.47 Å². The zero-order chi connectivity index (χ0) is 15.2. The summed E-state index contributed by atoms with van der Waals surface area (Å²) in [6.45, 7) is 0.442. The van der Waals surface area contributed by atoms with Crippen molar-refractivity contribution < 1.29 is 19.2 Å². The molecule has 0 N–H and O–H groups in total. The van der Waals surface area contributed by atoms with Crippen LogP contribution in [0, 0.1) is 10.1 Å². The maximum Gasteiger partial charge on any atom is 0.270 e. The van der Waals surface area contributed by atoms with Crippen molar-refractivity contribution in [1.82, 2.24) is 0 Å². The topological polar surface area (TPSA) is 78.7 Å². The highest BCUT2D eigenvalue weighted by molar-refractivity contribution is 5.80. The molecule has 108 valence electrons. The van der Waals surface area contributed by atoms with Gasteiger partial charge in [-0.15, -0.1) is 0 Å². The lowest BCUT2D eigenvalue weighted by atomic mass is 10.2. The molecule has 0 aliphatic heterocycles. The van der Waals surface area contributed by atoms with Crippen LogP contribution in [0.5, 0.6) is 11.5 Å². The summed E-state index contributed by atoms with van der Waals surface area (Å²) in [6.07, 6.45) is 0.529. The summed E-state index contributed by atoms with van der Waals surface area (Å²) in [6, 6.07) is 11.1. The lowest BCUT2D eigenvalue weighted by Crippen LogP contribution is -1.95. The molecule has 2 rings (SSSR count). The van der Waals surface area contributed by atoms with Gasteiger partial charge in [-0.25, -0.2) is 0 Å². The van der Waals surface area contributed by atoms with Gasteiger partial charge in [0.1, 0.15) is 11.5 Å². The van der Waals surface area contributed by atoms with E-state index in [-0.39, 0.29) is 17.0 Å². The number of carbonyl (C=O) groups is 1. The van der Waals surface area contributed by atoms with E-state index < -0.39 is 4.92 Å². The molecule has 0 fully saturated rings. The largest absolute Gasteiger partial charge is 0.457 e. The zero-order valence-corrected chi connectivity index (χ0v) is 11.3. The molecule has 0 spiro atoms. The van der Waals surface area contributed by atoms with E-state index in [0.717, 1.165) is 5.56 Å². The first kappa shape index (κ1) is 14.7. The molecule has 0 unspecified atom stereocenters. The summed E-state index contributed by atoms with van der Waals surface area (Å²) >= 11 is 0. The van der Waals surface area contributed by atoms with E-state index >= 15 is 0 Å². The van der Waals surface area contributed by atoms with Crippen LogP contribution in [0.4, 0.5) is 5.69 Å². The fourth-order valence-corrected chi connectivity index (χ4v) is 1.83. The van der Waals surface area contributed by atoms with Crippen molar-refractivity contribution >= 4 is 12.0 Å². The van der Waals surface area contributed by atoms with Gasteiger partial charge in [0, 0.05) is 19.2 Å². The van der Waals surface area contributed by atoms with Crippen molar-refractivity contribution in [3.63, 3.8) is 0 Å². The number of hydrogen-bond acceptors (Lipinski definition) is 5. The van der Waals surface area contributed by atoms with Crippen LogP contribution in [0.3, 0.4) is 0 Å². The number of carbonyl (C=O) groups excluding carboxylic acids is 1. The SMILES string of the molecule is COCc1cccc(Oc2ccc([N+](=O)[O-])cc2C=O)c1. The van der Waals surface area contributed by atoms with Crippen LogP contribution in [0.2, 0.25) is 0 Å². The maximum absolute atomic E-state index is 11.0. The second-order valence-corrected chi connectivity index (χ2v) is 4.28. The van der Waals surface area contributed by atoms with Gasteiger partial charge in [-0.3, -0.25) is 14.9 Å². The van der Waals surface area contributed by atoms with E-state index in [1.165, 1.54) is 18.2 Å². The minimum absolute atomic E-state index is 0.126. The smallest absolute Gasteiger partial charge is 0.270 e. The number of methoxy groups -OCH3 is 1. The van der Waals surface area contributed by atoms with E-state index in [1.807, 2.05) is 6.07 Å². The molecule has 0 atom stereocenters. The molecule has 0 saturated carbocycles. The number of hydrogen-bond donors (Lipinski definition) is 0. The van der Waals surface area contributed by atoms with Gasteiger partial charge in [-0.05, 0) is 23.8 Å². The molecule has 6 heteroatoms. The second-order valence-electron chi connectivity index (χ2n) is 4.28. The first-order chi connectivity index (χ1) is 10.1. The van der Waals surface area contributed by atoms with Crippen LogP contribution >= 0.6 is 0 Å². The van der Waals surface area contributed by atoms with Crippen molar-refractivity contribution in [1.29, 1.82) is 0 Å². The van der Waals surface area contributed by atoms with Crippen molar-refractivity contribution in [2.24, 2.45) is 0 Å². The lowest BCUT2D eigenvalue weighted by Gasteiger charge is -2.09. The Hall–Kier alpha value is -2.73. The van der Waals surface area contributed by atoms with Crippen molar-refractivity contribution in [2.75, 3.05) is 7.11 Å². The van der Waals surface area contributed by atoms with Gasteiger partial charge >= 0.3 is 0 Å². The van der Waals surface area contributed by atoms with Crippen LogP contribution < -0.4 is 4.74 Å². The lowest BCUT2D eigenvalue weighted by molar-refractivity contribution is -0.384. The molecule has 2 aromatic carbocycles. The first-order valence-corrected chi connectivity index (χ1v) is 6.13. The fraction of sp³-hybridized carbons (Fsp3) is 0.133. The van der Waals surface area contributed by atoms with Crippen LogP contribution in [0.25, 0.3) is 0 Å². The Morgan fingerprint density at radius 1 is 1.24 bits per heavy atom. The highest BCUT2D eigenvalue weighted by Crippen LogP contribution is 2.28. The van der Waals surface area contributed by atoms with Gasteiger partial charge in [0.15, 0.2) is 6.29 Å². The highest BCUT2D eigenvalue weighted by Gasteiger charge is 2.12. The van der Waals surface area contributed by atoms with Crippen LogP contribution in [0.1, 0.15) is 15.9 Å². The third-order valence-corrected chi connectivity index (χ3v) is 2.77. The Morgan fingerprint density at radius 2 is 2.05 bits per heavy atom. The molecule has 0 radical (unpaired) electrons. The zero-order valence-electron chi connectivity index (χ0n) is 11.3. The van der Waals surface area contributed by atoms with Gasteiger partial charge < -0.3 is 9.47 Å². The summed E-state index contributed by atoms with van der Waals surface area (Å²) in [5.74, 6) is 0.798. The fourth-order valence-electron chi connectivity index (χ4n) is 1.83. The van der Waals surface area contributed by atoms with Crippen molar-refractivity contribution in [3.05, 3.63) is 63.7 Å². The minimum Gasteiger partial charge on any atom is -0.457 e. The summed E-state index contributed by atoms with van der Waals surface area (Å²) in [5, 5.41) is 10.7. The van der Waals surface area contributed by atoms with Gasteiger partial charge in [0.05, 0.1) is 17.1 Å². The molecule has 0 aliphatic rings. The van der Waals surface area contributed by atoms with E-state index in [1.54, 1.807) is 25.3 Å². The molecule has 0 aliphatic carbocycles. The first-order valence-electron chi connectivity index (χ1n) is 6.13. The monoisotopic (exact) mass is 287 g/mol. The molecular formula is C15H13NO5. The molecule has 21 heavy (non-hydrogen) atoms. The average molecular weight is 287 g/mol. The number of rotatable bonds is 6. The molecule has 0 amide bonds. The summed E-state index contributed by atoms with van der Waals surface area (Å²) in [4.78, 5) is 21.2. The molecule has 0 bridgehead atoms. The Morgan fingerprint density at radius 3 is 2.71 bits per heavy atom.